The van der Waals surface area contributed by atoms with Crippen LogP contribution in [0.5, 0.6) is 11.5 Å². The minimum Gasteiger partial charge on any atom is -0.493 e. The van der Waals surface area contributed by atoms with Gasteiger partial charge in [0, 0.05) is 13.1 Å². The Bertz CT molecular complexity index is 533. The maximum Gasteiger partial charge on any atom is 0.260 e. The number of likely N-dealkylation sites (tertiary alicyclic amines) is 1. The molecule has 0 spiro atoms. The van der Waals surface area contributed by atoms with Gasteiger partial charge < -0.3 is 14.4 Å². The number of carbonyl (C=O) groups is 1. The average molecular weight is 309 g/mol. The fourth-order valence-electron chi connectivity index (χ4n) is 3.04. The maximum atomic E-state index is 14.2. The molecule has 0 N–H and O–H groups in total. The van der Waals surface area contributed by atoms with Crippen molar-refractivity contribution in [1.29, 1.82) is 0 Å². The third-order valence-corrected chi connectivity index (χ3v) is 4.42. The summed E-state index contributed by atoms with van der Waals surface area (Å²) in [5, 5.41) is 0. The van der Waals surface area contributed by atoms with E-state index >= 15 is 0 Å². The Morgan fingerprint density at radius 1 is 1.27 bits per heavy atom. The zero-order valence-electron chi connectivity index (χ0n) is 13.5. The Morgan fingerprint density at radius 3 is 2.68 bits per heavy atom. The van der Waals surface area contributed by atoms with Crippen molar-refractivity contribution < 1.29 is 18.7 Å². The Balaban J connectivity index is 2.29. The van der Waals surface area contributed by atoms with E-state index in [0.29, 0.717) is 24.8 Å². The van der Waals surface area contributed by atoms with Gasteiger partial charge in [0.15, 0.2) is 11.5 Å². The highest BCUT2D eigenvalue weighted by atomic mass is 19.1. The molecule has 1 saturated heterocycles. The van der Waals surface area contributed by atoms with Crippen LogP contribution in [-0.4, -0.2) is 38.1 Å². The summed E-state index contributed by atoms with van der Waals surface area (Å²) in [5.74, 6) is 0.302. The van der Waals surface area contributed by atoms with Gasteiger partial charge in [0.2, 0.25) is 0 Å². The summed E-state index contributed by atoms with van der Waals surface area (Å²) in [5.41, 5.74) is -0.0307. The van der Waals surface area contributed by atoms with Gasteiger partial charge in [-0.3, -0.25) is 4.79 Å². The second-order valence-electron chi connectivity index (χ2n) is 5.66. The fraction of sp³-hybridized carbons (Fsp3) is 0.588. The number of ether oxygens (including phenoxy) is 2. The number of hydrogen-bond donors (Lipinski definition) is 0. The Hall–Kier alpha value is -1.78. The van der Waals surface area contributed by atoms with E-state index in [4.69, 9.17) is 9.47 Å². The molecule has 1 aromatic carbocycles. The summed E-state index contributed by atoms with van der Waals surface area (Å²) in [6.45, 7) is 3.50. The van der Waals surface area contributed by atoms with Crippen LogP contribution in [0.25, 0.3) is 0 Å². The molecule has 1 atom stereocenters. The fourth-order valence-corrected chi connectivity index (χ4v) is 3.04. The van der Waals surface area contributed by atoms with E-state index in [1.807, 2.05) is 0 Å². The highest BCUT2D eigenvalue weighted by molar-refractivity contribution is 5.98. The molecular weight excluding hydrogens is 285 g/mol. The monoisotopic (exact) mass is 309 g/mol. The maximum absolute atomic E-state index is 14.2. The highest BCUT2D eigenvalue weighted by Crippen LogP contribution is 2.34. The minimum atomic E-state index is -0.570. The van der Waals surface area contributed by atoms with Crippen molar-refractivity contribution in [1.82, 2.24) is 4.90 Å². The molecule has 1 unspecified atom stereocenters. The van der Waals surface area contributed by atoms with Crippen molar-refractivity contribution >= 4 is 5.91 Å². The van der Waals surface area contributed by atoms with Crippen LogP contribution < -0.4 is 9.47 Å². The van der Waals surface area contributed by atoms with Crippen LogP contribution in [0.2, 0.25) is 0 Å². The van der Waals surface area contributed by atoms with Crippen LogP contribution in [0.3, 0.4) is 0 Å². The molecule has 1 aliphatic heterocycles. The van der Waals surface area contributed by atoms with Crippen LogP contribution in [0.15, 0.2) is 12.1 Å². The quantitative estimate of drug-likeness (QED) is 0.854. The molecule has 1 aromatic rings. The Morgan fingerprint density at radius 2 is 2.05 bits per heavy atom. The average Bonchev–Trinajstić information content (AvgIpc) is 2.79. The smallest absolute Gasteiger partial charge is 0.260 e. The van der Waals surface area contributed by atoms with Crippen molar-refractivity contribution in [3.63, 3.8) is 0 Å². The summed E-state index contributed by atoms with van der Waals surface area (Å²) in [7, 11) is 2.89. The lowest BCUT2D eigenvalue weighted by molar-refractivity contribution is 0.0750. The molecule has 22 heavy (non-hydrogen) atoms. The van der Waals surface area contributed by atoms with Crippen molar-refractivity contribution in [2.45, 2.75) is 32.6 Å². The van der Waals surface area contributed by atoms with E-state index in [1.54, 1.807) is 4.90 Å². The first kappa shape index (κ1) is 16.6. The topological polar surface area (TPSA) is 38.8 Å². The molecule has 1 amide bonds. The summed E-state index contributed by atoms with van der Waals surface area (Å²) in [6.07, 6.45) is 4.17. The summed E-state index contributed by atoms with van der Waals surface area (Å²) < 4.78 is 24.6. The van der Waals surface area contributed by atoms with E-state index in [1.165, 1.54) is 26.4 Å². The first-order valence-electron chi connectivity index (χ1n) is 7.82. The molecule has 0 saturated carbocycles. The number of nitrogens with zero attached hydrogens (tertiary/aromatic N) is 1. The highest BCUT2D eigenvalue weighted by Gasteiger charge is 2.27. The van der Waals surface area contributed by atoms with Gasteiger partial charge >= 0.3 is 0 Å². The van der Waals surface area contributed by atoms with Crippen LogP contribution in [0.1, 0.15) is 43.0 Å². The van der Waals surface area contributed by atoms with Crippen molar-refractivity contribution in [2.75, 3.05) is 27.3 Å². The molecule has 4 nitrogen and oxygen atoms in total. The normalized spacial score (nSPS) is 18.7. The van der Waals surface area contributed by atoms with Crippen LogP contribution in [-0.2, 0) is 0 Å². The summed E-state index contributed by atoms with van der Waals surface area (Å²) in [4.78, 5) is 14.5. The van der Waals surface area contributed by atoms with Gasteiger partial charge in [-0.15, -0.1) is 0 Å². The summed E-state index contributed by atoms with van der Waals surface area (Å²) in [6, 6.07) is 2.72. The molecule has 2 rings (SSSR count). The zero-order chi connectivity index (χ0) is 16.1. The van der Waals surface area contributed by atoms with Crippen LogP contribution >= 0.6 is 0 Å². The van der Waals surface area contributed by atoms with Gasteiger partial charge in [-0.25, -0.2) is 4.39 Å². The molecule has 0 bridgehead atoms. The van der Waals surface area contributed by atoms with E-state index < -0.39 is 5.82 Å². The SMILES string of the molecule is CCC1CCCN(C(=O)c2c(F)ccc(OC)c2OC)CC1. The van der Waals surface area contributed by atoms with Crippen molar-refractivity contribution in [2.24, 2.45) is 5.92 Å². The number of halogens is 1. The number of amides is 1. The molecule has 5 heteroatoms. The lowest BCUT2D eigenvalue weighted by Gasteiger charge is -2.22. The van der Waals surface area contributed by atoms with Gasteiger partial charge in [-0.05, 0) is 37.3 Å². The molecular formula is C17H24FNO3. The van der Waals surface area contributed by atoms with Crippen molar-refractivity contribution in [3.8, 4) is 11.5 Å². The second-order valence-corrected chi connectivity index (χ2v) is 5.66. The Kier molecular flexibility index (Phi) is 5.63. The van der Waals surface area contributed by atoms with E-state index in [0.717, 1.165) is 25.7 Å². The van der Waals surface area contributed by atoms with Gasteiger partial charge in [0.05, 0.1) is 14.2 Å². The second kappa shape index (κ2) is 7.47. The summed E-state index contributed by atoms with van der Waals surface area (Å²) >= 11 is 0. The van der Waals surface area contributed by atoms with Gasteiger partial charge in [-0.2, -0.15) is 0 Å². The number of benzene rings is 1. The molecule has 0 aliphatic carbocycles. The molecule has 0 aromatic heterocycles. The number of methoxy groups -OCH3 is 2. The molecule has 1 fully saturated rings. The third kappa shape index (κ3) is 3.34. The lowest BCUT2D eigenvalue weighted by Crippen LogP contribution is -2.33. The third-order valence-electron chi connectivity index (χ3n) is 4.42. The zero-order valence-corrected chi connectivity index (χ0v) is 13.5. The first-order valence-corrected chi connectivity index (χ1v) is 7.82. The minimum absolute atomic E-state index is 0.0307. The largest absolute Gasteiger partial charge is 0.493 e. The predicted octanol–water partition coefficient (Wildman–Crippen LogP) is 3.50. The Labute approximate surface area is 131 Å². The lowest BCUT2D eigenvalue weighted by atomic mass is 9.98. The number of rotatable bonds is 4. The van der Waals surface area contributed by atoms with E-state index in [9.17, 15) is 9.18 Å². The molecule has 1 heterocycles. The van der Waals surface area contributed by atoms with Crippen LogP contribution in [0.4, 0.5) is 4.39 Å². The molecule has 0 radical (unpaired) electrons. The number of carbonyl (C=O) groups excluding carboxylic acids is 1. The molecule has 122 valence electrons. The van der Waals surface area contributed by atoms with Gasteiger partial charge in [0.1, 0.15) is 11.4 Å². The van der Waals surface area contributed by atoms with E-state index in [-0.39, 0.29) is 17.2 Å². The van der Waals surface area contributed by atoms with Gasteiger partial charge in [-0.1, -0.05) is 13.3 Å². The molecule has 1 aliphatic rings. The van der Waals surface area contributed by atoms with Crippen LogP contribution in [0, 0.1) is 11.7 Å². The first-order chi connectivity index (χ1) is 10.6. The number of hydrogen-bond acceptors (Lipinski definition) is 3. The van der Waals surface area contributed by atoms with Gasteiger partial charge in [0.25, 0.3) is 5.91 Å². The van der Waals surface area contributed by atoms with E-state index in [2.05, 4.69) is 6.92 Å². The van der Waals surface area contributed by atoms with Crippen molar-refractivity contribution in [3.05, 3.63) is 23.5 Å². The standard InChI is InChI=1S/C17H24FNO3/c1-4-12-6-5-10-19(11-9-12)17(20)15-13(18)7-8-14(21-2)16(15)22-3/h7-8,12H,4-6,9-11H2,1-3H3. The predicted molar refractivity (Wildman–Crippen MR) is 83.0 cm³/mol.